The van der Waals surface area contributed by atoms with E-state index >= 15 is 0 Å². The van der Waals surface area contributed by atoms with Crippen LogP contribution in [0, 0.1) is 13.8 Å². The van der Waals surface area contributed by atoms with Gasteiger partial charge in [0.05, 0.1) is 24.5 Å². The van der Waals surface area contributed by atoms with Crippen LogP contribution in [0.5, 0.6) is 5.75 Å². The summed E-state index contributed by atoms with van der Waals surface area (Å²) in [6, 6.07) is 10.1. The largest absolute Gasteiger partial charge is 0.494 e. The van der Waals surface area contributed by atoms with Crippen molar-refractivity contribution in [3.05, 3.63) is 52.4 Å². The lowest BCUT2D eigenvalue weighted by atomic mass is 10.2. The van der Waals surface area contributed by atoms with Gasteiger partial charge in [-0.05, 0) is 54.0 Å². The number of ether oxygens (including phenoxy) is 1. The lowest BCUT2D eigenvalue weighted by Crippen LogP contribution is -2.14. The molecule has 2 N–H and O–H groups in total. The van der Waals surface area contributed by atoms with E-state index in [0.29, 0.717) is 0 Å². The summed E-state index contributed by atoms with van der Waals surface area (Å²) in [4.78, 5) is 8.92. The summed E-state index contributed by atoms with van der Waals surface area (Å²) < 4.78 is 6.57. The Morgan fingerprint density at radius 3 is 2.52 bits per heavy atom. The minimum atomic E-state index is 0.748. The average Bonchev–Trinajstić information content (AvgIpc) is 2.57. The van der Waals surface area contributed by atoms with Gasteiger partial charge in [0.15, 0.2) is 5.75 Å². The number of hydrogen-bond acceptors (Lipinski definition) is 5. The van der Waals surface area contributed by atoms with Crippen molar-refractivity contribution >= 4 is 38.2 Å². The monoisotopic (exact) mass is 400 g/mol. The van der Waals surface area contributed by atoms with Gasteiger partial charge in [-0.1, -0.05) is 6.07 Å². The molecule has 0 aliphatic rings. The number of methoxy groups -OCH3 is 1. The van der Waals surface area contributed by atoms with Crippen molar-refractivity contribution in [2.75, 3.05) is 30.8 Å². The Balaban J connectivity index is 1.69. The van der Waals surface area contributed by atoms with Gasteiger partial charge >= 0.3 is 0 Å². The molecule has 0 atom stereocenters. The zero-order chi connectivity index (χ0) is 17.8. The summed E-state index contributed by atoms with van der Waals surface area (Å²) in [5, 5.41) is 7.79. The number of pyridine rings is 2. The van der Waals surface area contributed by atoms with E-state index < -0.39 is 0 Å². The number of nitrogens with one attached hydrogen (secondary N) is 2. The molecule has 0 unspecified atom stereocenters. The fourth-order valence-electron chi connectivity index (χ4n) is 2.85. The van der Waals surface area contributed by atoms with E-state index in [2.05, 4.69) is 36.5 Å². The van der Waals surface area contributed by atoms with Crippen LogP contribution in [0.1, 0.15) is 11.4 Å². The Hall–Kier alpha value is -2.34. The highest BCUT2D eigenvalue weighted by Crippen LogP contribution is 2.34. The predicted molar refractivity (Wildman–Crippen MR) is 107 cm³/mol. The van der Waals surface area contributed by atoms with Crippen LogP contribution in [0.3, 0.4) is 0 Å². The maximum Gasteiger partial charge on any atom is 0.152 e. The molecule has 0 bridgehead atoms. The number of halogens is 1. The first kappa shape index (κ1) is 17.5. The number of fused-ring (bicyclic) bond motifs is 1. The molecule has 0 aliphatic carbocycles. The number of para-hydroxylation sites is 1. The van der Waals surface area contributed by atoms with Crippen molar-refractivity contribution in [2.24, 2.45) is 0 Å². The van der Waals surface area contributed by atoms with Crippen molar-refractivity contribution < 1.29 is 4.74 Å². The summed E-state index contributed by atoms with van der Waals surface area (Å²) >= 11 is 3.53. The van der Waals surface area contributed by atoms with E-state index in [4.69, 9.17) is 4.74 Å². The maximum absolute atomic E-state index is 5.61. The topological polar surface area (TPSA) is 59.1 Å². The fourth-order valence-corrected chi connectivity index (χ4v) is 3.32. The Morgan fingerprint density at radius 1 is 1.08 bits per heavy atom. The lowest BCUT2D eigenvalue weighted by molar-refractivity contribution is 0.421. The van der Waals surface area contributed by atoms with E-state index in [1.54, 1.807) is 7.11 Å². The van der Waals surface area contributed by atoms with Crippen LogP contribution in [0.2, 0.25) is 0 Å². The van der Waals surface area contributed by atoms with E-state index in [1.165, 1.54) is 0 Å². The normalized spacial score (nSPS) is 10.7. The third kappa shape index (κ3) is 4.02. The Labute approximate surface area is 156 Å². The first-order valence-corrected chi connectivity index (χ1v) is 8.92. The summed E-state index contributed by atoms with van der Waals surface area (Å²) in [6.45, 7) is 5.53. The van der Waals surface area contributed by atoms with Crippen LogP contribution in [-0.4, -0.2) is 30.2 Å². The average molecular weight is 401 g/mol. The SMILES string of the molecule is COc1c(NCCNc2cc(C)nc(C)c2)cnc2c(Br)cccc12. The zero-order valence-electron chi connectivity index (χ0n) is 14.6. The van der Waals surface area contributed by atoms with Crippen molar-refractivity contribution in [1.82, 2.24) is 9.97 Å². The molecule has 0 radical (unpaired) electrons. The highest BCUT2D eigenvalue weighted by molar-refractivity contribution is 9.10. The molecule has 3 aromatic rings. The molecule has 1 aromatic carbocycles. The second kappa shape index (κ2) is 7.70. The van der Waals surface area contributed by atoms with Crippen LogP contribution in [0.4, 0.5) is 11.4 Å². The first-order chi connectivity index (χ1) is 12.1. The fraction of sp³-hybridized carbons (Fsp3) is 0.263. The van der Waals surface area contributed by atoms with E-state index in [0.717, 1.165) is 57.0 Å². The third-order valence-corrected chi connectivity index (χ3v) is 4.49. The van der Waals surface area contributed by atoms with Crippen molar-refractivity contribution in [2.45, 2.75) is 13.8 Å². The van der Waals surface area contributed by atoms with Crippen LogP contribution in [-0.2, 0) is 0 Å². The molecule has 2 heterocycles. The number of anilines is 2. The van der Waals surface area contributed by atoms with Crippen molar-refractivity contribution in [1.29, 1.82) is 0 Å². The minimum absolute atomic E-state index is 0.748. The predicted octanol–water partition coefficient (Wildman–Crippen LogP) is 4.54. The Morgan fingerprint density at radius 2 is 1.80 bits per heavy atom. The first-order valence-electron chi connectivity index (χ1n) is 8.12. The molecular formula is C19H21BrN4O. The molecule has 6 heteroatoms. The van der Waals surface area contributed by atoms with Gasteiger partial charge in [0.25, 0.3) is 0 Å². The highest BCUT2D eigenvalue weighted by atomic mass is 79.9. The lowest BCUT2D eigenvalue weighted by Gasteiger charge is -2.14. The number of aromatic nitrogens is 2. The highest BCUT2D eigenvalue weighted by Gasteiger charge is 2.10. The van der Waals surface area contributed by atoms with Gasteiger partial charge in [-0.15, -0.1) is 0 Å². The molecule has 3 rings (SSSR count). The van der Waals surface area contributed by atoms with Crippen molar-refractivity contribution in [3.63, 3.8) is 0 Å². The Bertz CT molecular complexity index is 878. The van der Waals surface area contributed by atoms with Gasteiger partial charge in [0, 0.05) is 40.0 Å². The smallest absolute Gasteiger partial charge is 0.152 e. The second-order valence-corrected chi connectivity index (χ2v) is 6.69. The molecule has 0 fully saturated rings. The molecule has 25 heavy (non-hydrogen) atoms. The van der Waals surface area contributed by atoms with Gasteiger partial charge in [-0.3, -0.25) is 9.97 Å². The van der Waals surface area contributed by atoms with Crippen LogP contribution < -0.4 is 15.4 Å². The van der Waals surface area contributed by atoms with E-state index in [-0.39, 0.29) is 0 Å². The standard InChI is InChI=1S/C19H21BrN4O/c1-12-9-14(10-13(2)24-12)21-7-8-22-17-11-23-18-15(19(17)25-3)5-4-6-16(18)20/h4-6,9-11,22H,7-8H2,1-3H3,(H,21,24). The van der Waals surface area contributed by atoms with E-state index in [9.17, 15) is 0 Å². The summed E-state index contributed by atoms with van der Waals surface area (Å²) in [5.74, 6) is 0.807. The summed E-state index contributed by atoms with van der Waals surface area (Å²) in [7, 11) is 1.68. The van der Waals surface area contributed by atoms with Crippen LogP contribution >= 0.6 is 15.9 Å². The molecule has 130 valence electrons. The van der Waals surface area contributed by atoms with Gasteiger partial charge in [-0.25, -0.2) is 0 Å². The molecule has 0 aliphatic heterocycles. The molecule has 0 saturated heterocycles. The molecule has 0 spiro atoms. The summed E-state index contributed by atoms with van der Waals surface area (Å²) in [5.41, 5.74) is 4.89. The molecule has 5 nitrogen and oxygen atoms in total. The summed E-state index contributed by atoms with van der Waals surface area (Å²) in [6.07, 6.45) is 1.81. The van der Waals surface area contributed by atoms with Gasteiger partial charge in [-0.2, -0.15) is 0 Å². The van der Waals surface area contributed by atoms with Gasteiger partial charge < -0.3 is 15.4 Å². The van der Waals surface area contributed by atoms with Crippen molar-refractivity contribution in [3.8, 4) is 5.75 Å². The minimum Gasteiger partial charge on any atom is -0.494 e. The second-order valence-electron chi connectivity index (χ2n) is 5.83. The molecular weight excluding hydrogens is 380 g/mol. The number of benzene rings is 1. The molecule has 0 amide bonds. The Kier molecular flexibility index (Phi) is 5.38. The number of aryl methyl sites for hydroxylation is 2. The quantitative estimate of drug-likeness (QED) is 0.594. The molecule has 0 saturated carbocycles. The van der Waals surface area contributed by atoms with Gasteiger partial charge in [0.1, 0.15) is 0 Å². The third-order valence-electron chi connectivity index (χ3n) is 3.85. The number of rotatable bonds is 6. The number of nitrogens with zero attached hydrogens (tertiary/aromatic N) is 2. The maximum atomic E-state index is 5.61. The van der Waals surface area contributed by atoms with E-state index in [1.807, 2.05) is 50.4 Å². The zero-order valence-corrected chi connectivity index (χ0v) is 16.1. The number of hydrogen-bond donors (Lipinski definition) is 2. The van der Waals surface area contributed by atoms with Gasteiger partial charge in [0.2, 0.25) is 0 Å². The van der Waals surface area contributed by atoms with Crippen LogP contribution in [0.15, 0.2) is 41.0 Å². The van der Waals surface area contributed by atoms with Crippen LogP contribution in [0.25, 0.3) is 10.9 Å². The molecule has 2 aromatic heterocycles.